The largest absolute Gasteiger partial charge is 0.507 e. The molecule has 0 bridgehead atoms. The van der Waals surface area contributed by atoms with Gasteiger partial charge in [0.2, 0.25) is 0 Å². The van der Waals surface area contributed by atoms with Crippen molar-refractivity contribution in [3.8, 4) is 5.75 Å². The van der Waals surface area contributed by atoms with Crippen LogP contribution >= 0.6 is 0 Å². The first-order valence-electron chi connectivity index (χ1n) is 6.03. The number of nitrogens with zero attached hydrogens (tertiary/aromatic N) is 2. The fourth-order valence-electron chi connectivity index (χ4n) is 2.07. The number of aromatic nitrogens is 2. The molecule has 3 rings (SSSR count). The normalized spacial score (nSPS) is 10.5. The molecule has 19 heavy (non-hydrogen) atoms. The van der Waals surface area contributed by atoms with Gasteiger partial charge in [-0.25, -0.2) is 9.97 Å². The van der Waals surface area contributed by atoms with Gasteiger partial charge >= 0.3 is 0 Å². The van der Waals surface area contributed by atoms with E-state index in [1.165, 1.54) is 6.33 Å². The molecule has 0 saturated heterocycles. The number of phenols is 1. The maximum atomic E-state index is 9.83. The highest BCUT2D eigenvalue weighted by Gasteiger charge is 2.03. The molecule has 0 aliphatic carbocycles. The van der Waals surface area contributed by atoms with E-state index in [0.29, 0.717) is 12.3 Å². The van der Waals surface area contributed by atoms with Gasteiger partial charge in [-0.3, -0.25) is 0 Å². The first-order valence-corrected chi connectivity index (χ1v) is 6.03. The molecular weight excluding hydrogens is 238 g/mol. The molecule has 3 aromatic rings. The summed E-state index contributed by atoms with van der Waals surface area (Å²) in [5.41, 5.74) is 2.00. The molecular formula is C15H13N3O. The number of hydrogen-bond acceptors (Lipinski definition) is 4. The van der Waals surface area contributed by atoms with Crippen molar-refractivity contribution in [1.29, 1.82) is 0 Å². The molecule has 0 radical (unpaired) electrons. The van der Waals surface area contributed by atoms with E-state index in [0.717, 1.165) is 22.0 Å². The summed E-state index contributed by atoms with van der Waals surface area (Å²) < 4.78 is 0. The highest BCUT2D eigenvalue weighted by molar-refractivity contribution is 5.97. The first-order chi connectivity index (χ1) is 9.34. The van der Waals surface area contributed by atoms with Gasteiger partial charge in [0.05, 0.1) is 0 Å². The molecule has 0 unspecified atom stereocenters. The Labute approximate surface area is 110 Å². The molecule has 1 heterocycles. The number of aromatic hydroxyl groups is 1. The van der Waals surface area contributed by atoms with Gasteiger partial charge in [0, 0.05) is 41.0 Å². The van der Waals surface area contributed by atoms with Crippen molar-refractivity contribution >= 4 is 16.5 Å². The zero-order valence-corrected chi connectivity index (χ0v) is 10.2. The second-order valence-electron chi connectivity index (χ2n) is 4.28. The maximum absolute atomic E-state index is 9.83. The molecule has 2 aromatic carbocycles. The third-order valence-corrected chi connectivity index (χ3v) is 3.00. The summed E-state index contributed by atoms with van der Waals surface area (Å²) >= 11 is 0. The number of fused-ring (bicyclic) bond motifs is 1. The molecule has 0 fully saturated rings. The number of phenolic OH excluding ortho intramolecular Hbond substituents is 1. The zero-order valence-electron chi connectivity index (χ0n) is 10.2. The lowest BCUT2D eigenvalue weighted by atomic mass is 10.1. The number of rotatable bonds is 3. The minimum atomic E-state index is 0.296. The third kappa shape index (κ3) is 2.33. The molecule has 0 aliphatic heterocycles. The Balaban J connectivity index is 1.91. The van der Waals surface area contributed by atoms with Crippen molar-refractivity contribution in [3.05, 3.63) is 60.7 Å². The summed E-state index contributed by atoms with van der Waals surface area (Å²) in [7, 11) is 0. The Kier molecular flexibility index (Phi) is 2.98. The molecule has 2 N–H and O–H groups in total. The summed E-state index contributed by atoms with van der Waals surface area (Å²) in [5.74, 6) is 0.296. The highest BCUT2D eigenvalue weighted by atomic mass is 16.3. The summed E-state index contributed by atoms with van der Waals surface area (Å²) in [6.07, 6.45) is 5.07. The summed E-state index contributed by atoms with van der Waals surface area (Å²) in [4.78, 5) is 7.96. The van der Waals surface area contributed by atoms with Crippen molar-refractivity contribution in [3.63, 3.8) is 0 Å². The fourth-order valence-corrected chi connectivity index (χ4v) is 2.07. The zero-order chi connectivity index (χ0) is 13.1. The van der Waals surface area contributed by atoms with E-state index in [2.05, 4.69) is 15.3 Å². The van der Waals surface area contributed by atoms with Crippen LogP contribution in [-0.2, 0) is 6.54 Å². The van der Waals surface area contributed by atoms with Crippen molar-refractivity contribution in [1.82, 2.24) is 9.97 Å². The molecule has 4 heteroatoms. The van der Waals surface area contributed by atoms with E-state index in [-0.39, 0.29) is 0 Å². The average Bonchev–Trinajstić information content (AvgIpc) is 2.47. The van der Waals surface area contributed by atoms with E-state index >= 15 is 0 Å². The number of hydrogen-bond donors (Lipinski definition) is 2. The molecule has 4 nitrogen and oxygen atoms in total. The Bertz CT molecular complexity index is 698. The Morgan fingerprint density at radius 3 is 2.53 bits per heavy atom. The summed E-state index contributed by atoms with van der Waals surface area (Å²) in [6, 6.07) is 11.3. The lowest BCUT2D eigenvalue weighted by Gasteiger charge is -2.10. The Morgan fingerprint density at radius 1 is 0.947 bits per heavy atom. The van der Waals surface area contributed by atoms with Gasteiger partial charge in [-0.2, -0.15) is 0 Å². The second kappa shape index (κ2) is 4.94. The monoisotopic (exact) mass is 251 g/mol. The number of anilines is 1. The minimum Gasteiger partial charge on any atom is -0.507 e. The third-order valence-electron chi connectivity index (χ3n) is 3.00. The second-order valence-corrected chi connectivity index (χ2v) is 4.28. The van der Waals surface area contributed by atoms with Crippen LogP contribution < -0.4 is 5.32 Å². The van der Waals surface area contributed by atoms with Gasteiger partial charge in [-0.1, -0.05) is 24.3 Å². The van der Waals surface area contributed by atoms with Crippen molar-refractivity contribution < 1.29 is 5.11 Å². The topological polar surface area (TPSA) is 58.0 Å². The van der Waals surface area contributed by atoms with Gasteiger partial charge in [-0.05, 0) is 12.1 Å². The van der Waals surface area contributed by atoms with Crippen LogP contribution in [-0.4, -0.2) is 15.1 Å². The lowest BCUT2D eigenvalue weighted by Crippen LogP contribution is -2.00. The van der Waals surface area contributed by atoms with Crippen LogP contribution in [0.3, 0.4) is 0 Å². The molecule has 0 amide bonds. The number of nitrogens with one attached hydrogen (secondary N) is 1. The van der Waals surface area contributed by atoms with Crippen LogP contribution in [0.2, 0.25) is 0 Å². The highest BCUT2D eigenvalue weighted by Crippen LogP contribution is 2.29. The Morgan fingerprint density at radius 2 is 1.68 bits per heavy atom. The van der Waals surface area contributed by atoms with Crippen molar-refractivity contribution in [2.75, 3.05) is 5.32 Å². The predicted octanol–water partition coefficient (Wildman–Crippen LogP) is 2.95. The van der Waals surface area contributed by atoms with Crippen LogP contribution in [0.5, 0.6) is 5.75 Å². The Hall–Kier alpha value is -2.62. The standard InChI is InChI=1S/C15H13N3O/c19-15-6-2-3-12-13(15)4-1-5-14(12)18-9-11-7-16-10-17-8-11/h1-8,10,18-19H,9H2. The summed E-state index contributed by atoms with van der Waals surface area (Å²) in [5, 5.41) is 15.0. The minimum absolute atomic E-state index is 0.296. The van der Waals surface area contributed by atoms with Crippen LogP contribution in [0.25, 0.3) is 10.8 Å². The van der Waals surface area contributed by atoms with Crippen LogP contribution in [0, 0.1) is 0 Å². The smallest absolute Gasteiger partial charge is 0.123 e. The number of benzene rings is 2. The fraction of sp³-hybridized carbons (Fsp3) is 0.0667. The molecule has 0 atom stereocenters. The van der Waals surface area contributed by atoms with Crippen molar-refractivity contribution in [2.24, 2.45) is 0 Å². The van der Waals surface area contributed by atoms with Crippen LogP contribution in [0.4, 0.5) is 5.69 Å². The van der Waals surface area contributed by atoms with Crippen LogP contribution in [0.1, 0.15) is 5.56 Å². The van der Waals surface area contributed by atoms with Gasteiger partial charge in [0.25, 0.3) is 0 Å². The molecule has 0 aliphatic rings. The van der Waals surface area contributed by atoms with E-state index in [1.54, 1.807) is 18.5 Å². The van der Waals surface area contributed by atoms with Gasteiger partial charge < -0.3 is 10.4 Å². The van der Waals surface area contributed by atoms with Crippen molar-refractivity contribution in [2.45, 2.75) is 6.54 Å². The van der Waals surface area contributed by atoms with E-state index < -0.39 is 0 Å². The molecule has 0 saturated carbocycles. The quantitative estimate of drug-likeness (QED) is 0.751. The summed E-state index contributed by atoms with van der Waals surface area (Å²) in [6.45, 7) is 0.648. The van der Waals surface area contributed by atoms with Gasteiger partial charge in [0.1, 0.15) is 12.1 Å². The van der Waals surface area contributed by atoms with E-state index in [1.807, 2.05) is 30.3 Å². The lowest BCUT2D eigenvalue weighted by molar-refractivity contribution is 0.481. The molecule has 1 aromatic heterocycles. The predicted molar refractivity (Wildman–Crippen MR) is 75.0 cm³/mol. The average molecular weight is 251 g/mol. The van der Waals surface area contributed by atoms with E-state index in [9.17, 15) is 5.11 Å². The van der Waals surface area contributed by atoms with Gasteiger partial charge in [0.15, 0.2) is 0 Å². The SMILES string of the molecule is Oc1cccc2c(NCc3cncnc3)cccc12. The molecule has 94 valence electrons. The molecule has 0 spiro atoms. The van der Waals surface area contributed by atoms with Crippen LogP contribution in [0.15, 0.2) is 55.1 Å². The van der Waals surface area contributed by atoms with Gasteiger partial charge in [-0.15, -0.1) is 0 Å². The maximum Gasteiger partial charge on any atom is 0.123 e. The van der Waals surface area contributed by atoms with E-state index in [4.69, 9.17) is 0 Å². The first kappa shape index (κ1) is 11.5.